The van der Waals surface area contributed by atoms with Crippen molar-refractivity contribution in [1.82, 2.24) is 10.2 Å². The molecular weight excluding hydrogens is 372 g/mol. The molecule has 0 aromatic heterocycles. The molecule has 2 aromatic carbocycles. The van der Waals surface area contributed by atoms with E-state index in [1.165, 1.54) is 6.42 Å². The summed E-state index contributed by atoms with van der Waals surface area (Å²) in [5.74, 6) is 0.336. The van der Waals surface area contributed by atoms with E-state index in [0.29, 0.717) is 23.0 Å². The van der Waals surface area contributed by atoms with E-state index in [2.05, 4.69) is 5.32 Å². The van der Waals surface area contributed by atoms with Gasteiger partial charge in [-0.15, -0.1) is 0 Å². The van der Waals surface area contributed by atoms with E-state index in [-0.39, 0.29) is 17.9 Å². The zero-order chi connectivity index (χ0) is 19.5. The molecule has 0 spiro atoms. The van der Waals surface area contributed by atoms with Gasteiger partial charge in [0.1, 0.15) is 6.04 Å². The molecular formula is C23H25ClN2O2. The van der Waals surface area contributed by atoms with E-state index in [4.69, 9.17) is 11.6 Å². The number of likely N-dealkylation sites (tertiary alicyclic amines) is 1. The number of carbonyl (C=O) groups excluding carboxylic acids is 2. The van der Waals surface area contributed by atoms with E-state index >= 15 is 0 Å². The van der Waals surface area contributed by atoms with Crippen LogP contribution in [0.15, 0.2) is 54.6 Å². The number of nitrogens with one attached hydrogen (secondary N) is 1. The molecule has 2 fully saturated rings. The van der Waals surface area contributed by atoms with Gasteiger partial charge in [0.15, 0.2) is 0 Å². The lowest BCUT2D eigenvalue weighted by atomic mass is 9.84. The largest absolute Gasteiger partial charge is 0.350 e. The first kappa shape index (κ1) is 19.0. The molecule has 0 bridgehead atoms. The summed E-state index contributed by atoms with van der Waals surface area (Å²) >= 11 is 5.93. The highest BCUT2D eigenvalue weighted by atomic mass is 35.5. The molecule has 2 amide bonds. The van der Waals surface area contributed by atoms with E-state index in [1.807, 2.05) is 59.5 Å². The van der Waals surface area contributed by atoms with Crippen molar-refractivity contribution in [3.05, 3.63) is 70.7 Å². The minimum Gasteiger partial charge on any atom is -0.350 e. The standard InChI is InChI=1S/C23H25ClN2O2/c24-19-12-10-16(11-13-19)15-25-22(27)21-14-18-8-4-5-9-20(18)26(21)23(28)17-6-2-1-3-7-17/h1-3,6-7,10-13,18,20-21H,4-5,8-9,14-15H2,(H,25,27). The Labute approximate surface area is 170 Å². The normalized spacial score (nSPS) is 23.9. The monoisotopic (exact) mass is 396 g/mol. The number of halogens is 1. The van der Waals surface area contributed by atoms with Crippen molar-refractivity contribution in [3.8, 4) is 0 Å². The van der Waals surface area contributed by atoms with Crippen LogP contribution in [0.25, 0.3) is 0 Å². The van der Waals surface area contributed by atoms with Crippen molar-refractivity contribution in [3.63, 3.8) is 0 Å². The second kappa shape index (κ2) is 8.36. The van der Waals surface area contributed by atoms with E-state index in [9.17, 15) is 9.59 Å². The molecule has 2 aliphatic rings. The molecule has 1 saturated heterocycles. The summed E-state index contributed by atoms with van der Waals surface area (Å²) in [6, 6.07) is 16.5. The average Bonchev–Trinajstić information content (AvgIpc) is 3.13. The SMILES string of the molecule is O=C(NCc1ccc(Cl)cc1)C1CC2CCCCC2N1C(=O)c1ccccc1. The summed E-state index contributed by atoms with van der Waals surface area (Å²) in [6.45, 7) is 0.440. The van der Waals surface area contributed by atoms with E-state index in [0.717, 1.165) is 31.2 Å². The summed E-state index contributed by atoms with van der Waals surface area (Å²) in [7, 11) is 0. The Kier molecular flexibility index (Phi) is 5.67. The molecule has 1 aliphatic carbocycles. The van der Waals surface area contributed by atoms with Gasteiger partial charge in [-0.1, -0.05) is 54.8 Å². The molecule has 1 aliphatic heterocycles. The second-order valence-corrected chi connectivity index (χ2v) is 8.22. The first-order valence-electron chi connectivity index (χ1n) is 10.0. The summed E-state index contributed by atoms with van der Waals surface area (Å²) in [5.41, 5.74) is 1.65. The molecule has 1 saturated carbocycles. The predicted octanol–water partition coefficient (Wildman–Crippen LogP) is 4.43. The zero-order valence-electron chi connectivity index (χ0n) is 15.8. The number of rotatable bonds is 4. The third-order valence-electron chi connectivity index (χ3n) is 6.03. The molecule has 28 heavy (non-hydrogen) atoms. The molecule has 3 unspecified atom stereocenters. The summed E-state index contributed by atoms with van der Waals surface area (Å²) in [6.07, 6.45) is 5.16. The van der Waals surface area contributed by atoms with Gasteiger partial charge in [-0.3, -0.25) is 9.59 Å². The van der Waals surface area contributed by atoms with Gasteiger partial charge in [0.2, 0.25) is 5.91 Å². The summed E-state index contributed by atoms with van der Waals surface area (Å²) < 4.78 is 0. The van der Waals surface area contributed by atoms with Crippen LogP contribution in [0.4, 0.5) is 0 Å². The molecule has 5 heteroatoms. The minimum atomic E-state index is -0.395. The third kappa shape index (κ3) is 3.93. The third-order valence-corrected chi connectivity index (χ3v) is 6.28. The van der Waals surface area contributed by atoms with Gasteiger partial charge >= 0.3 is 0 Å². The van der Waals surface area contributed by atoms with Crippen LogP contribution in [0, 0.1) is 5.92 Å². The minimum absolute atomic E-state index is 0.0263. The smallest absolute Gasteiger partial charge is 0.254 e. The van der Waals surface area contributed by atoms with Crippen LogP contribution in [-0.2, 0) is 11.3 Å². The predicted molar refractivity (Wildman–Crippen MR) is 110 cm³/mol. The number of hydrogen-bond donors (Lipinski definition) is 1. The Morgan fingerprint density at radius 1 is 1.00 bits per heavy atom. The van der Waals surface area contributed by atoms with Crippen LogP contribution < -0.4 is 5.32 Å². The Hall–Kier alpha value is -2.33. The fourth-order valence-electron chi connectivity index (χ4n) is 4.63. The van der Waals surface area contributed by atoms with Crippen LogP contribution in [0.3, 0.4) is 0 Å². The topological polar surface area (TPSA) is 49.4 Å². The fraction of sp³-hybridized carbons (Fsp3) is 0.391. The lowest BCUT2D eigenvalue weighted by Gasteiger charge is -2.33. The van der Waals surface area contributed by atoms with Gasteiger partial charge in [0, 0.05) is 23.2 Å². The molecule has 4 rings (SSSR count). The van der Waals surface area contributed by atoms with Crippen molar-refractivity contribution in [1.29, 1.82) is 0 Å². The maximum absolute atomic E-state index is 13.3. The summed E-state index contributed by atoms with van der Waals surface area (Å²) in [5, 5.41) is 3.71. The van der Waals surface area contributed by atoms with Gasteiger partial charge < -0.3 is 10.2 Å². The maximum atomic E-state index is 13.3. The molecule has 1 heterocycles. The number of nitrogens with zero attached hydrogens (tertiary/aromatic N) is 1. The number of carbonyl (C=O) groups is 2. The highest BCUT2D eigenvalue weighted by Gasteiger charge is 2.47. The first-order chi connectivity index (χ1) is 13.6. The van der Waals surface area contributed by atoms with Crippen LogP contribution in [0.2, 0.25) is 5.02 Å². The lowest BCUT2D eigenvalue weighted by molar-refractivity contribution is -0.125. The van der Waals surface area contributed by atoms with Crippen LogP contribution in [0.5, 0.6) is 0 Å². The fourth-order valence-corrected chi connectivity index (χ4v) is 4.75. The van der Waals surface area contributed by atoms with Gasteiger partial charge in [-0.2, -0.15) is 0 Å². The quantitative estimate of drug-likeness (QED) is 0.831. The highest BCUT2D eigenvalue weighted by Crippen LogP contribution is 2.40. The maximum Gasteiger partial charge on any atom is 0.254 e. The summed E-state index contributed by atoms with van der Waals surface area (Å²) in [4.78, 5) is 28.2. The molecule has 2 aromatic rings. The van der Waals surface area contributed by atoms with Crippen molar-refractivity contribution in [2.75, 3.05) is 0 Å². The second-order valence-electron chi connectivity index (χ2n) is 7.79. The van der Waals surface area contributed by atoms with E-state index < -0.39 is 6.04 Å². The Morgan fingerprint density at radius 3 is 2.46 bits per heavy atom. The van der Waals surface area contributed by atoms with Crippen LogP contribution in [-0.4, -0.2) is 28.8 Å². The number of hydrogen-bond acceptors (Lipinski definition) is 2. The average molecular weight is 397 g/mol. The van der Waals surface area contributed by atoms with Crippen LogP contribution in [0.1, 0.15) is 48.0 Å². The van der Waals surface area contributed by atoms with Gasteiger partial charge in [0.25, 0.3) is 5.91 Å². The van der Waals surface area contributed by atoms with Gasteiger partial charge in [-0.25, -0.2) is 0 Å². The zero-order valence-corrected chi connectivity index (χ0v) is 16.6. The van der Waals surface area contributed by atoms with Gasteiger partial charge in [0.05, 0.1) is 0 Å². The molecule has 4 nitrogen and oxygen atoms in total. The Balaban J connectivity index is 1.52. The van der Waals surface area contributed by atoms with Crippen molar-refractivity contribution in [2.45, 2.75) is 50.7 Å². The first-order valence-corrected chi connectivity index (χ1v) is 10.4. The van der Waals surface area contributed by atoms with Crippen LogP contribution >= 0.6 is 11.6 Å². The Bertz CT molecular complexity index is 837. The van der Waals surface area contributed by atoms with Crippen molar-refractivity contribution in [2.24, 2.45) is 5.92 Å². The molecule has 146 valence electrons. The molecule has 0 radical (unpaired) electrons. The highest BCUT2D eigenvalue weighted by molar-refractivity contribution is 6.30. The number of fused-ring (bicyclic) bond motifs is 1. The lowest BCUT2D eigenvalue weighted by Crippen LogP contribution is -2.49. The van der Waals surface area contributed by atoms with Crippen molar-refractivity contribution >= 4 is 23.4 Å². The van der Waals surface area contributed by atoms with Crippen molar-refractivity contribution < 1.29 is 9.59 Å². The van der Waals surface area contributed by atoms with E-state index in [1.54, 1.807) is 0 Å². The van der Waals surface area contributed by atoms with Gasteiger partial charge in [-0.05, 0) is 55.0 Å². The Morgan fingerprint density at radius 2 is 1.71 bits per heavy atom. The number of amides is 2. The molecule has 3 atom stereocenters. The molecule has 1 N–H and O–H groups in total. The number of benzene rings is 2.